The molecule has 0 aliphatic heterocycles. The number of aromatic amines is 1. The van der Waals surface area contributed by atoms with E-state index in [-0.39, 0.29) is 0 Å². The fourth-order valence-electron chi connectivity index (χ4n) is 2.10. The molecule has 1 aromatic heterocycles. The Bertz CT molecular complexity index is 514. The van der Waals surface area contributed by atoms with E-state index < -0.39 is 0 Å². The van der Waals surface area contributed by atoms with Crippen LogP contribution in [0.15, 0.2) is 18.2 Å². The van der Waals surface area contributed by atoms with E-state index in [1.54, 1.807) is 0 Å². The topological polar surface area (TPSA) is 19.0 Å². The van der Waals surface area contributed by atoms with Gasteiger partial charge in [-0.1, -0.05) is 17.7 Å². The Morgan fingerprint density at radius 1 is 1.29 bits per heavy atom. The summed E-state index contributed by atoms with van der Waals surface area (Å²) >= 11 is 6.12. The van der Waals surface area contributed by atoms with Gasteiger partial charge < -0.3 is 9.88 Å². The molecular formula is C14H19ClN2. The number of halogens is 1. The number of nitrogens with one attached hydrogen (secondary N) is 1. The Morgan fingerprint density at radius 2 is 2.06 bits per heavy atom. The summed E-state index contributed by atoms with van der Waals surface area (Å²) in [5, 5.41) is 2.09. The van der Waals surface area contributed by atoms with Crippen LogP contribution in [0, 0.1) is 6.92 Å². The Balaban J connectivity index is 2.17. The molecule has 0 saturated carbocycles. The minimum absolute atomic E-state index is 0.833. The van der Waals surface area contributed by atoms with Crippen LogP contribution in [0.25, 0.3) is 10.9 Å². The van der Waals surface area contributed by atoms with E-state index in [1.807, 2.05) is 6.07 Å². The Labute approximate surface area is 108 Å². The van der Waals surface area contributed by atoms with Crippen molar-refractivity contribution in [2.45, 2.75) is 19.8 Å². The third-order valence-corrected chi connectivity index (χ3v) is 3.51. The van der Waals surface area contributed by atoms with E-state index in [2.05, 4.69) is 43.0 Å². The second-order valence-electron chi connectivity index (χ2n) is 4.84. The van der Waals surface area contributed by atoms with Gasteiger partial charge in [0.2, 0.25) is 0 Å². The number of fused-ring (bicyclic) bond motifs is 1. The molecule has 0 unspecified atom stereocenters. The van der Waals surface area contributed by atoms with Crippen LogP contribution in [0.3, 0.4) is 0 Å². The lowest BCUT2D eigenvalue weighted by Gasteiger charge is -2.07. The van der Waals surface area contributed by atoms with Crippen molar-refractivity contribution in [3.63, 3.8) is 0 Å². The van der Waals surface area contributed by atoms with Crippen LogP contribution in [-0.2, 0) is 6.42 Å². The number of rotatable bonds is 4. The van der Waals surface area contributed by atoms with E-state index >= 15 is 0 Å². The number of hydrogen-bond donors (Lipinski definition) is 1. The minimum atomic E-state index is 0.833. The summed E-state index contributed by atoms with van der Waals surface area (Å²) in [6.45, 7) is 3.18. The van der Waals surface area contributed by atoms with E-state index in [0.717, 1.165) is 23.6 Å². The summed E-state index contributed by atoms with van der Waals surface area (Å²) in [6, 6.07) is 6.28. The predicted molar refractivity (Wildman–Crippen MR) is 74.9 cm³/mol. The maximum absolute atomic E-state index is 6.12. The summed E-state index contributed by atoms with van der Waals surface area (Å²) in [5.41, 5.74) is 3.62. The maximum atomic E-state index is 6.12. The first-order valence-electron chi connectivity index (χ1n) is 5.99. The first-order valence-corrected chi connectivity index (χ1v) is 6.37. The summed E-state index contributed by atoms with van der Waals surface area (Å²) in [7, 11) is 4.21. The monoisotopic (exact) mass is 250 g/mol. The van der Waals surface area contributed by atoms with Crippen molar-refractivity contribution < 1.29 is 0 Å². The number of aromatic nitrogens is 1. The third kappa shape index (κ3) is 2.82. The van der Waals surface area contributed by atoms with Gasteiger partial charge in [-0.05, 0) is 58.1 Å². The van der Waals surface area contributed by atoms with Crippen LogP contribution in [0.4, 0.5) is 0 Å². The molecule has 0 bridgehead atoms. The molecule has 0 radical (unpaired) electrons. The SMILES string of the molecule is Cc1c(Cl)ccc2cc(CCCN(C)C)[nH]c12. The van der Waals surface area contributed by atoms with Crippen molar-refractivity contribution in [3.8, 4) is 0 Å². The zero-order chi connectivity index (χ0) is 12.4. The van der Waals surface area contributed by atoms with Gasteiger partial charge in [0.25, 0.3) is 0 Å². The number of nitrogens with zero attached hydrogens (tertiary/aromatic N) is 1. The number of H-pyrrole nitrogens is 1. The van der Waals surface area contributed by atoms with Crippen molar-refractivity contribution in [2.75, 3.05) is 20.6 Å². The van der Waals surface area contributed by atoms with Gasteiger partial charge in [-0.3, -0.25) is 0 Å². The molecular weight excluding hydrogens is 232 g/mol. The van der Waals surface area contributed by atoms with Crippen molar-refractivity contribution in [1.82, 2.24) is 9.88 Å². The van der Waals surface area contributed by atoms with Crippen molar-refractivity contribution in [2.24, 2.45) is 0 Å². The van der Waals surface area contributed by atoms with Gasteiger partial charge in [0.1, 0.15) is 0 Å². The first kappa shape index (κ1) is 12.5. The molecule has 0 amide bonds. The Hall–Kier alpha value is -0.990. The molecule has 2 aromatic rings. The Morgan fingerprint density at radius 3 is 2.76 bits per heavy atom. The lowest BCUT2D eigenvalue weighted by atomic mass is 10.1. The lowest BCUT2D eigenvalue weighted by Crippen LogP contribution is -2.13. The van der Waals surface area contributed by atoms with Gasteiger partial charge in [0.05, 0.1) is 5.52 Å². The van der Waals surface area contributed by atoms with E-state index in [4.69, 9.17) is 11.6 Å². The average Bonchev–Trinajstić information content (AvgIpc) is 2.67. The number of aryl methyl sites for hydroxylation is 2. The van der Waals surface area contributed by atoms with Crippen LogP contribution < -0.4 is 0 Å². The van der Waals surface area contributed by atoms with Crippen LogP contribution in [-0.4, -0.2) is 30.5 Å². The quantitative estimate of drug-likeness (QED) is 0.878. The van der Waals surface area contributed by atoms with Crippen LogP contribution >= 0.6 is 11.6 Å². The summed E-state index contributed by atoms with van der Waals surface area (Å²) in [5.74, 6) is 0. The smallest absolute Gasteiger partial charge is 0.0500 e. The second kappa shape index (κ2) is 5.11. The molecule has 0 aliphatic rings. The van der Waals surface area contributed by atoms with Crippen molar-refractivity contribution in [1.29, 1.82) is 0 Å². The van der Waals surface area contributed by atoms with Crippen LogP contribution in [0.5, 0.6) is 0 Å². The summed E-state index contributed by atoms with van der Waals surface area (Å²) < 4.78 is 0. The largest absolute Gasteiger partial charge is 0.358 e. The van der Waals surface area contributed by atoms with E-state index in [1.165, 1.54) is 23.0 Å². The molecule has 0 fully saturated rings. The highest BCUT2D eigenvalue weighted by Crippen LogP contribution is 2.25. The summed E-state index contributed by atoms with van der Waals surface area (Å²) in [4.78, 5) is 5.69. The van der Waals surface area contributed by atoms with Crippen molar-refractivity contribution >= 4 is 22.5 Å². The molecule has 1 heterocycles. The highest BCUT2D eigenvalue weighted by Gasteiger charge is 2.05. The minimum Gasteiger partial charge on any atom is -0.358 e. The summed E-state index contributed by atoms with van der Waals surface area (Å²) in [6.07, 6.45) is 2.26. The molecule has 0 spiro atoms. The molecule has 0 saturated heterocycles. The molecule has 17 heavy (non-hydrogen) atoms. The number of benzene rings is 1. The van der Waals surface area contributed by atoms with Gasteiger partial charge in [-0.15, -0.1) is 0 Å². The maximum Gasteiger partial charge on any atom is 0.0500 e. The third-order valence-electron chi connectivity index (χ3n) is 3.10. The molecule has 0 aliphatic carbocycles. The van der Waals surface area contributed by atoms with E-state index in [0.29, 0.717) is 0 Å². The Kier molecular flexibility index (Phi) is 3.75. The lowest BCUT2D eigenvalue weighted by molar-refractivity contribution is 0.400. The fourth-order valence-corrected chi connectivity index (χ4v) is 2.26. The first-order chi connectivity index (χ1) is 8.08. The zero-order valence-electron chi connectivity index (χ0n) is 10.7. The van der Waals surface area contributed by atoms with Gasteiger partial charge in [-0.2, -0.15) is 0 Å². The highest BCUT2D eigenvalue weighted by atomic mass is 35.5. The van der Waals surface area contributed by atoms with Gasteiger partial charge in [0, 0.05) is 16.1 Å². The fraction of sp³-hybridized carbons (Fsp3) is 0.429. The molecule has 2 rings (SSSR count). The van der Waals surface area contributed by atoms with E-state index in [9.17, 15) is 0 Å². The highest BCUT2D eigenvalue weighted by molar-refractivity contribution is 6.32. The molecule has 2 nitrogen and oxygen atoms in total. The second-order valence-corrected chi connectivity index (χ2v) is 5.25. The van der Waals surface area contributed by atoms with Crippen molar-refractivity contribution in [3.05, 3.63) is 34.5 Å². The van der Waals surface area contributed by atoms with Gasteiger partial charge >= 0.3 is 0 Å². The zero-order valence-corrected chi connectivity index (χ0v) is 11.4. The number of hydrogen-bond acceptors (Lipinski definition) is 1. The predicted octanol–water partition coefficient (Wildman–Crippen LogP) is 3.62. The average molecular weight is 251 g/mol. The van der Waals surface area contributed by atoms with Gasteiger partial charge in [-0.25, -0.2) is 0 Å². The van der Waals surface area contributed by atoms with Crippen LogP contribution in [0.2, 0.25) is 5.02 Å². The molecule has 1 aromatic carbocycles. The van der Waals surface area contributed by atoms with Crippen LogP contribution in [0.1, 0.15) is 17.7 Å². The molecule has 1 N–H and O–H groups in total. The standard InChI is InChI=1S/C14H19ClN2/c1-10-13(15)7-6-11-9-12(16-14(10)11)5-4-8-17(2)3/h6-7,9,16H,4-5,8H2,1-3H3. The molecule has 92 valence electrons. The molecule has 3 heteroatoms. The normalized spacial score (nSPS) is 11.6. The molecule has 0 atom stereocenters. The van der Waals surface area contributed by atoms with Gasteiger partial charge in [0.15, 0.2) is 0 Å².